The van der Waals surface area contributed by atoms with Crippen LogP contribution in [0.5, 0.6) is 0 Å². The molecule has 19 heavy (non-hydrogen) atoms. The first-order valence-corrected chi connectivity index (χ1v) is 7.88. The zero-order chi connectivity index (χ0) is 14.0. The van der Waals surface area contributed by atoms with Gasteiger partial charge in [-0.15, -0.1) is 0 Å². The van der Waals surface area contributed by atoms with Gasteiger partial charge in [-0.25, -0.2) is 0 Å². The van der Waals surface area contributed by atoms with Crippen LogP contribution in [0.2, 0.25) is 10.0 Å². The molecule has 1 nitrogen and oxygen atoms in total. The van der Waals surface area contributed by atoms with Gasteiger partial charge in [0, 0.05) is 25.4 Å². The Kier molecular flexibility index (Phi) is 5.32. The third kappa shape index (κ3) is 4.20. The highest BCUT2D eigenvalue weighted by Crippen LogP contribution is 2.29. The summed E-state index contributed by atoms with van der Waals surface area (Å²) >= 11 is 18.9. The Balaban J connectivity index is 2.25. The highest BCUT2D eigenvalue weighted by Gasteiger charge is 2.12. The molecule has 0 amide bonds. The molecule has 0 saturated heterocycles. The van der Waals surface area contributed by atoms with Gasteiger partial charge >= 0.3 is 0 Å². The van der Waals surface area contributed by atoms with Crippen molar-refractivity contribution in [1.82, 2.24) is 0 Å². The second-order valence-corrected chi connectivity index (χ2v) is 6.83. The topological polar surface area (TPSA) is 20.2 Å². The predicted octanol–water partition coefficient (Wildman–Crippen LogP) is 5.79. The summed E-state index contributed by atoms with van der Waals surface area (Å²) in [6.45, 7) is 0. The molecule has 0 saturated carbocycles. The highest BCUT2D eigenvalue weighted by atomic mass is 79.9. The zero-order valence-electron chi connectivity index (χ0n) is 9.71. The van der Waals surface area contributed by atoms with Crippen molar-refractivity contribution in [1.29, 1.82) is 0 Å². The first-order valence-electron chi connectivity index (χ1n) is 5.53. The number of halogens is 4. The monoisotopic (exact) mass is 422 g/mol. The molecule has 100 valence electrons. The summed E-state index contributed by atoms with van der Waals surface area (Å²) in [5.41, 5.74) is 1.65. The first-order chi connectivity index (χ1) is 8.95. The van der Waals surface area contributed by atoms with Crippen molar-refractivity contribution in [3.63, 3.8) is 0 Å². The quantitative estimate of drug-likeness (QED) is 0.660. The Hall–Kier alpha value is -0.0600. The summed E-state index contributed by atoms with van der Waals surface area (Å²) < 4.78 is 1.82. The Morgan fingerprint density at radius 3 is 2.26 bits per heavy atom. The van der Waals surface area contributed by atoms with Gasteiger partial charge < -0.3 is 5.11 Å². The van der Waals surface area contributed by atoms with E-state index in [0.29, 0.717) is 16.5 Å². The van der Waals surface area contributed by atoms with Crippen molar-refractivity contribution in [2.75, 3.05) is 0 Å². The average Bonchev–Trinajstić information content (AvgIpc) is 2.32. The lowest BCUT2D eigenvalue weighted by Crippen LogP contribution is -2.02. The van der Waals surface area contributed by atoms with Gasteiger partial charge in [-0.05, 0) is 47.5 Å². The SMILES string of the molecule is OC(Cc1cc(Cl)ccc1Cl)c1cc(Br)cc(Br)c1. The molecule has 1 unspecified atom stereocenters. The van der Waals surface area contributed by atoms with Crippen molar-refractivity contribution >= 4 is 55.1 Å². The van der Waals surface area contributed by atoms with E-state index in [2.05, 4.69) is 31.9 Å². The van der Waals surface area contributed by atoms with E-state index in [0.717, 1.165) is 20.1 Å². The molecule has 0 aromatic heterocycles. The van der Waals surface area contributed by atoms with Crippen molar-refractivity contribution in [2.24, 2.45) is 0 Å². The summed E-state index contributed by atoms with van der Waals surface area (Å²) in [5.74, 6) is 0. The minimum absolute atomic E-state index is 0.419. The summed E-state index contributed by atoms with van der Waals surface area (Å²) in [7, 11) is 0. The number of aliphatic hydroxyl groups excluding tert-OH is 1. The maximum atomic E-state index is 10.3. The fourth-order valence-corrected chi connectivity index (χ4v) is 3.51. The smallest absolute Gasteiger partial charge is 0.0831 e. The van der Waals surface area contributed by atoms with Crippen LogP contribution < -0.4 is 0 Å². The molecular formula is C14H10Br2Cl2O. The van der Waals surface area contributed by atoms with E-state index in [1.807, 2.05) is 18.2 Å². The second kappa shape index (κ2) is 6.59. The fraction of sp³-hybridized carbons (Fsp3) is 0.143. The number of hydrogen-bond acceptors (Lipinski definition) is 1. The van der Waals surface area contributed by atoms with Crippen LogP contribution >= 0.6 is 55.1 Å². The minimum Gasteiger partial charge on any atom is -0.388 e. The molecule has 1 atom stereocenters. The summed E-state index contributed by atoms with van der Waals surface area (Å²) in [6.07, 6.45) is -0.216. The van der Waals surface area contributed by atoms with Crippen LogP contribution in [-0.4, -0.2) is 5.11 Å². The normalized spacial score (nSPS) is 12.5. The lowest BCUT2D eigenvalue weighted by atomic mass is 10.0. The standard InChI is InChI=1S/C14H10Br2Cl2O/c15-10-3-9(4-11(16)7-10)14(19)6-8-5-12(17)1-2-13(8)18/h1-5,7,14,19H,6H2. The van der Waals surface area contributed by atoms with Crippen LogP contribution in [-0.2, 0) is 6.42 Å². The van der Waals surface area contributed by atoms with Crippen LogP contribution in [0.1, 0.15) is 17.2 Å². The highest BCUT2D eigenvalue weighted by molar-refractivity contribution is 9.11. The molecule has 0 aliphatic rings. The van der Waals surface area contributed by atoms with Gasteiger partial charge in [0.1, 0.15) is 0 Å². The average molecular weight is 425 g/mol. The van der Waals surface area contributed by atoms with Crippen LogP contribution in [0.3, 0.4) is 0 Å². The van der Waals surface area contributed by atoms with E-state index in [1.54, 1.807) is 18.2 Å². The number of aliphatic hydroxyl groups is 1. The molecule has 2 aromatic rings. The second-order valence-electron chi connectivity index (χ2n) is 4.16. The lowest BCUT2D eigenvalue weighted by Gasteiger charge is -2.13. The van der Waals surface area contributed by atoms with Crippen LogP contribution in [0, 0.1) is 0 Å². The van der Waals surface area contributed by atoms with E-state index < -0.39 is 6.10 Å². The molecule has 0 fully saturated rings. The van der Waals surface area contributed by atoms with Gasteiger partial charge in [-0.3, -0.25) is 0 Å². The molecule has 1 N–H and O–H groups in total. The third-order valence-corrected chi connectivity index (χ3v) is 4.21. The number of rotatable bonds is 3. The maximum absolute atomic E-state index is 10.3. The molecule has 0 bridgehead atoms. The van der Waals surface area contributed by atoms with E-state index in [-0.39, 0.29) is 0 Å². The summed E-state index contributed by atoms with van der Waals surface area (Å²) in [5, 5.41) is 11.5. The van der Waals surface area contributed by atoms with E-state index >= 15 is 0 Å². The number of hydrogen-bond donors (Lipinski definition) is 1. The fourth-order valence-electron chi connectivity index (χ4n) is 1.79. The molecule has 0 aliphatic carbocycles. The molecule has 0 aliphatic heterocycles. The molecular weight excluding hydrogens is 415 g/mol. The molecule has 0 spiro atoms. The van der Waals surface area contributed by atoms with Crippen molar-refractivity contribution < 1.29 is 5.11 Å². The largest absolute Gasteiger partial charge is 0.388 e. The predicted molar refractivity (Wildman–Crippen MR) is 87.0 cm³/mol. The minimum atomic E-state index is -0.634. The van der Waals surface area contributed by atoms with Gasteiger partial charge in [0.15, 0.2) is 0 Å². The lowest BCUT2D eigenvalue weighted by molar-refractivity contribution is 0.178. The van der Waals surface area contributed by atoms with Crippen LogP contribution in [0.25, 0.3) is 0 Å². The Labute approximate surface area is 138 Å². The van der Waals surface area contributed by atoms with Gasteiger partial charge in [-0.2, -0.15) is 0 Å². The van der Waals surface area contributed by atoms with Crippen LogP contribution in [0.15, 0.2) is 45.3 Å². The third-order valence-electron chi connectivity index (χ3n) is 2.69. The zero-order valence-corrected chi connectivity index (χ0v) is 14.4. The van der Waals surface area contributed by atoms with E-state index in [1.165, 1.54) is 0 Å². The maximum Gasteiger partial charge on any atom is 0.0831 e. The Bertz CT molecular complexity index is 582. The first kappa shape index (κ1) is 15.3. The molecule has 2 aromatic carbocycles. The van der Waals surface area contributed by atoms with Gasteiger partial charge in [0.2, 0.25) is 0 Å². The number of benzene rings is 2. The van der Waals surface area contributed by atoms with Gasteiger partial charge in [0.25, 0.3) is 0 Å². The van der Waals surface area contributed by atoms with Gasteiger partial charge in [-0.1, -0.05) is 55.1 Å². The van der Waals surface area contributed by atoms with Crippen molar-refractivity contribution in [2.45, 2.75) is 12.5 Å². The van der Waals surface area contributed by atoms with E-state index in [4.69, 9.17) is 23.2 Å². The van der Waals surface area contributed by atoms with E-state index in [9.17, 15) is 5.11 Å². The molecule has 0 heterocycles. The molecule has 0 radical (unpaired) electrons. The Morgan fingerprint density at radius 1 is 1.00 bits per heavy atom. The summed E-state index contributed by atoms with van der Waals surface area (Å²) in [4.78, 5) is 0. The summed E-state index contributed by atoms with van der Waals surface area (Å²) in [6, 6.07) is 10.9. The molecule has 5 heteroatoms. The molecule has 2 rings (SSSR count). The van der Waals surface area contributed by atoms with Crippen molar-refractivity contribution in [3.8, 4) is 0 Å². The van der Waals surface area contributed by atoms with Crippen molar-refractivity contribution in [3.05, 3.63) is 66.5 Å². The Morgan fingerprint density at radius 2 is 1.63 bits per heavy atom. The van der Waals surface area contributed by atoms with Gasteiger partial charge in [0.05, 0.1) is 6.10 Å². The van der Waals surface area contributed by atoms with Crippen LogP contribution in [0.4, 0.5) is 0 Å².